The van der Waals surface area contributed by atoms with E-state index in [9.17, 15) is 28.4 Å². The van der Waals surface area contributed by atoms with E-state index in [1.165, 1.54) is 14.2 Å². The van der Waals surface area contributed by atoms with Gasteiger partial charge >= 0.3 is 17.1 Å². The summed E-state index contributed by atoms with van der Waals surface area (Å²) < 4.78 is 50.0. The Balaban J connectivity index is 1.79. The molecule has 4 N–H and O–H groups in total. The van der Waals surface area contributed by atoms with Crippen LogP contribution in [0, 0.1) is 0 Å². The molecule has 3 rings (SSSR count). The van der Waals surface area contributed by atoms with E-state index >= 15 is 0 Å². The number of aromatic nitrogens is 1. The van der Waals surface area contributed by atoms with E-state index in [0.717, 1.165) is 16.9 Å². The summed E-state index contributed by atoms with van der Waals surface area (Å²) in [6.07, 6.45) is -4.26. The molecule has 8 nitrogen and oxygen atoms in total. The number of ether oxygens (including phenoxy) is 2. The lowest BCUT2D eigenvalue weighted by molar-refractivity contribution is -0.882. The first-order valence-electron chi connectivity index (χ1n) is 8.87. The van der Waals surface area contributed by atoms with E-state index < -0.39 is 17.6 Å². The third-order valence-electron chi connectivity index (χ3n) is 4.48. The fourth-order valence-corrected chi connectivity index (χ4v) is 3.96. The fourth-order valence-electron chi connectivity index (χ4n) is 2.95. The van der Waals surface area contributed by atoms with Crippen LogP contribution >= 0.6 is 11.3 Å². The summed E-state index contributed by atoms with van der Waals surface area (Å²) in [5, 5.41) is 21.8. The number of benzene rings is 2. The lowest BCUT2D eigenvalue weighted by Gasteiger charge is -2.09. The van der Waals surface area contributed by atoms with E-state index in [2.05, 4.69) is 5.32 Å². The Hall–Kier alpha value is -3.25. The molecule has 0 unspecified atom stereocenters. The first-order chi connectivity index (χ1) is 14.7. The average Bonchev–Trinajstić information content (AvgIpc) is 3.09. The number of rotatable bonds is 7. The van der Waals surface area contributed by atoms with Crippen molar-refractivity contribution >= 4 is 33.1 Å². The Labute approximate surface area is 178 Å². The minimum atomic E-state index is -4.70. The van der Waals surface area contributed by atoms with Crippen LogP contribution in [0.1, 0.15) is 20.9 Å². The van der Waals surface area contributed by atoms with Crippen LogP contribution in [-0.2, 0) is 12.6 Å². The maximum atomic E-state index is 13.1. The molecular formula is C19H19F3N3O5S+. The number of methoxy groups -OCH3 is 2. The molecule has 166 valence electrons. The number of thiazole rings is 1. The van der Waals surface area contributed by atoms with Crippen molar-refractivity contribution in [3.05, 3.63) is 46.5 Å². The predicted molar refractivity (Wildman–Crippen MR) is 105 cm³/mol. The number of alkyl halides is 3. The first kappa shape index (κ1) is 22.4. The highest BCUT2D eigenvalue weighted by Crippen LogP contribution is 2.36. The quantitative estimate of drug-likeness (QED) is 0.246. The number of halogens is 3. The van der Waals surface area contributed by atoms with Gasteiger partial charge in [-0.3, -0.25) is 20.7 Å². The van der Waals surface area contributed by atoms with E-state index in [4.69, 9.17) is 9.47 Å². The number of carbonyl (C=O) groups is 1. The normalized spacial score (nSPS) is 11.4. The SMILES string of the molecule is COc1ccc(CCNC(=O)c2sc3c(NO)cc(C(F)(F)F)cc3[n+]2O)cc1OC. The molecule has 12 heteroatoms. The van der Waals surface area contributed by atoms with Crippen LogP contribution in [0.4, 0.5) is 18.9 Å². The standard InChI is InChI=1S/C19H18F3N3O5S/c1-29-14-4-3-10(7-15(14)30-2)5-6-23-17(26)18-25(28)13-9-11(19(20,21)22)8-12(24-27)16(13)31-18/h3-4,7-9,24,27H,5-6H2,1-2H3,(H-,23,26,28)/p+1. The summed E-state index contributed by atoms with van der Waals surface area (Å²) in [6.45, 7) is 0.196. The topological polar surface area (TPSA) is 104 Å². The van der Waals surface area contributed by atoms with Gasteiger partial charge in [0.15, 0.2) is 11.5 Å². The van der Waals surface area contributed by atoms with Gasteiger partial charge in [-0.05, 0) is 41.5 Å². The number of carbonyl (C=O) groups excluding carboxylic acids is 1. The van der Waals surface area contributed by atoms with Crippen molar-refractivity contribution < 1.29 is 42.6 Å². The second-order valence-electron chi connectivity index (χ2n) is 6.40. The Morgan fingerprint density at radius 1 is 1.16 bits per heavy atom. The van der Waals surface area contributed by atoms with Crippen molar-refractivity contribution in [3.63, 3.8) is 0 Å². The van der Waals surface area contributed by atoms with Crippen molar-refractivity contribution in [1.29, 1.82) is 0 Å². The highest BCUT2D eigenvalue weighted by Gasteiger charge is 2.36. The summed E-state index contributed by atoms with van der Waals surface area (Å²) in [7, 11) is 3.02. The van der Waals surface area contributed by atoms with E-state index in [-0.39, 0.29) is 27.5 Å². The molecule has 0 radical (unpaired) electrons. The average molecular weight is 458 g/mol. The second kappa shape index (κ2) is 8.86. The summed E-state index contributed by atoms with van der Waals surface area (Å²) in [5.41, 5.74) is 0.909. The van der Waals surface area contributed by atoms with E-state index in [1.807, 2.05) is 0 Å². The van der Waals surface area contributed by atoms with Crippen molar-refractivity contribution in [3.8, 4) is 11.5 Å². The molecule has 0 aliphatic carbocycles. The second-order valence-corrected chi connectivity index (χ2v) is 7.39. The van der Waals surface area contributed by atoms with Crippen molar-refractivity contribution in [2.24, 2.45) is 0 Å². The monoisotopic (exact) mass is 458 g/mol. The molecule has 2 aromatic carbocycles. The van der Waals surface area contributed by atoms with Crippen LogP contribution in [0.25, 0.3) is 10.2 Å². The van der Waals surface area contributed by atoms with E-state index in [1.54, 1.807) is 23.7 Å². The van der Waals surface area contributed by atoms with Gasteiger partial charge in [0, 0.05) is 17.3 Å². The van der Waals surface area contributed by atoms with Crippen LogP contribution in [0.15, 0.2) is 30.3 Å². The van der Waals surface area contributed by atoms with Gasteiger partial charge in [-0.15, -0.1) is 0 Å². The highest BCUT2D eigenvalue weighted by atomic mass is 32.1. The fraction of sp³-hybridized carbons (Fsp3) is 0.263. The smallest absolute Gasteiger partial charge is 0.416 e. The zero-order chi connectivity index (χ0) is 22.8. The molecule has 0 saturated carbocycles. The maximum absolute atomic E-state index is 13.1. The third-order valence-corrected chi connectivity index (χ3v) is 5.66. The Kier molecular flexibility index (Phi) is 6.41. The van der Waals surface area contributed by atoms with Crippen molar-refractivity contribution in [1.82, 2.24) is 5.32 Å². The molecule has 1 amide bonds. The molecule has 3 aromatic rings. The van der Waals surface area contributed by atoms with Gasteiger partial charge in [-0.25, -0.2) is 0 Å². The molecule has 0 bridgehead atoms. The molecule has 1 aromatic heterocycles. The summed E-state index contributed by atoms with van der Waals surface area (Å²) in [5.74, 6) is 0.420. The Morgan fingerprint density at radius 3 is 2.48 bits per heavy atom. The van der Waals surface area contributed by atoms with Crippen LogP contribution < -0.4 is 25.0 Å². The van der Waals surface area contributed by atoms with E-state index in [0.29, 0.717) is 34.8 Å². The number of nitrogens with zero attached hydrogens (tertiary/aromatic N) is 1. The number of amides is 1. The Bertz CT molecular complexity index is 1120. The van der Waals surface area contributed by atoms with Gasteiger partial charge in [0.05, 0.1) is 25.5 Å². The summed E-state index contributed by atoms with van der Waals surface area (Å²) in [4.78, 5) is 12.5. The number of hydrogen-bond acceptors (Lipinski definition) is 7. The number of anilines is 1. The molecule has 0 aliphatic heterocycles. The lowest BCUT2D eigenvalue weighted by atomic mass is 10.1. The molecule has 31 heavy (non-hydrogen) atoms. The zero-order valence-electron chi connectivity index (χ0n) is 16.4. The predicted octanol–water partition coefficient (Wildman–Crippen LogP) is 3.24. The molecule has 1 heterocycles. The lowest BCUT2D eigenvalue weighted by Crippen LogP contribution is -2.40. The number of hydrogen-bond donors (Lipinski definition) is 4. The third kappa shape index (κ3) is 4.59. The van der Waals surface area contributed by atoms with Crippen LogP contribution in [0.3, 0.4) is 0 Å². The molecule has 0 saturated heterocycles. The molecule has 0 spiro atoms. The largest absolute Gasteiger partial charge is 0.493 e. The highest BCUT2D eigenvalue weighted by molar-refractivity contribution is 7.20. The minimum Gasteiger partial charge on any atom is -0.493 e. The first-order valence-corrected chi connectivity index (χ1v) is 9.69. The minimum absolute atomic E-state index is 0.0861. The molecule has 0 aliphatic rings. The summed E-state index contributed by atoms with van der Waals surface area (Å²) in [6, 6.07) is 6.68. The van der Waals surface area contributed by atoms with Crippen molar-refractivity contribution in [2.75, 3.05) is 26.2 Å². The van der Waals surface area contributed by atoms with Gasteiger partial charge in [-0.1, -0.05) is 6.07 Å². The number of fused-ring (bicyclic) bond motifs is 1. The van der Waals surface area contributed by atoms with Crippen molar-refractivity contribution in [2.45, 2.75) is 12.6 Å². The van der Waals surface area contributed by atoms with Crippen LogP contribution in [0.2, 0.25) is 0 Å². The van der Waals surface area contributed by atoms with Gasteiger partial charge in [0.1, 0.15) is 4.70 Å². The molecule has 0 fully saturated rings. The van der Waals surface area contributed by atoms with Crippen LogP contribution in [-0.4, -0.2) is 37.1 Å². The van der Waals surface area contributed by atoms with Gasteiger partial charge < -0.3 is 14.8 Å². The summed E-state index contributed by atoms with van der Waals surface area (Å²) >= 11 is 0.734. The van der Waals surface area contributed by atoms with Gasteiger partial charge in [-0.2, -0.15) is 13.2 Å². The molecule has 0 atom stereocenters. The Morgan fingerprint density at radius 2 is 1.87 bits per heavy atom. The maximum Gasteiger partial charge on any atom is 0.416 e. The van der Waals surface area contributed by atoms with Gasteiger partial charge in [0.25, 0.3) is 5.52 Å². The number of nitrogens with one attached hydrogen (secondary N) is 2. The zero-order valence-corrected chi connectivity index (χ0v) is 17.2. The van der Waals surface area contributed by atoms with Crippen LogP contribution in [0.5, 0.6) is 11.5 Å². The molecular weight excluding hydrogens is 439 g/mol. The van der Waals surface area contributed by atoms with Gasteiger partial charge in [0.2, 0.25) is 0 Å².